The van der Waals surface area contributed by atoms with Crippen molar-refractivity contribution >= 4 is 5.82 Å². The Balaban J connectivity index is 1.78. The normalized spacial score (nSPS) is 27.6. The van der Waals surface area contributed by atoms with Gasteiger partial charge < -0.3 is 10.3 Å². The van der Waals surface area contributed by atoms with Crippen molar-refractivity contribution in [2.75, 3.05) is 5.73 Å². The molecule has 2 atom stereocenters. The average molecular weight is 276 g/mol. The third kappa shape index (κ3) is 1.80. The summed E-state index contributed by atoms with van der Waals surface area (Å²) in [5.74, 6) is 1.46. The van der Waals surface area contributed by atoms with Crippen LogP contribution in [-0.4, -0.2) is 5.16 Å². The van der Waals surface area contributed by atoms with E-state index in [4.69, 9.17) is 10.3 Å². The van der Waals surface area contributed by atoms with Gasteiger partial charge in [-0.2, -0.15) is 0 Å². The first kappa shape index (κ1) is 11.9. The number of anilines is 1. The molecule has 20 heavy (non-hydrogen) atoms. The van der Waals surface area contributed by atoms with E-state index in [0.29, 0.717) is 16.9 Å². The van der Waals surface area contributed by atoms with Crippen LogP contribution in [0.4, 0.5) is 14.6 Å². The fourth-order valence-electron chi connectivity index (χ4n) is 3.51. The molecule has 2 aromatic rings. The number of nitrogens with two attached hydrogens (primary N) is 1. The molecule has 0 amide bonds. The van der Waals surface area contributed by atoms with E-state index < -0.39 is 11.6 Å². The number of rotatable bonds is 2. The smallest absolute Gasteiger partial charge is 0.175 e. The number of nitrogen functional groups attached to an aromatic ring is 1. The lowest BCUT2D eigenvalue weighted by atomic mass is 9.94. The Bertz CT molecular complexity index is 652. The molecule has 1 heterocycles. The molecule has 2 N–H and O–H groups in total. The first-order valence-electron chi connectivity index (χ1n) is 6.83. The van der Waals surface area contributed by atoms with Gasteiger partial charge in [0.15, 0.2) is 5.82 Å². The van der Waals surface area contributed by atoms with Gasteiger partial charge in [-0.3, -0.25) is 0 Å². The first-order valence-corrected chi connectivity index (χ1v) is 6.83. The van der Waals surface area contributed by atoms with Crippen molar-refractivity contribution in [2.45, 2.75) is 25.2 Å². The standard InChI is InChI=1S/C15H14F2N2O/c16-11-4-9(5-12(17)6-11)13-14(20-19-15(13)18)10-2-7-1-8(7)3-10/h4-8,10H,1-3H2,(H2,18,19). The molecule has 0 spiro atoms. The molecular weight excluding hydrogens is 262 g/mol. The number of nitrogens with zero attached hydrogens (tertiary/aromatic N) is 1. The maximum absolute atomic E-state index is 13.4. The number of halogens is 2. The van der Waals surface area contributed by atoms with Gasteiger partial charge in [0.1, 0.15) is 17.4 Å². The molecule has 2 aliphatic rings. The van der Waals surface area contributed by atoms with E-state index in [2.05, 4.69) is 5.16 Å². The summed E-state index contributed by atoms with van der Waals surface area (Å²) < 4.78 is 32.2. The first-order chi connectivity index (χ1) is 9.61. The van der Waals surface area contributed by atoms with Crippen LogP contribution in [0.15, 0.2) is 22.7 Å². The predicted octanol–water partition coefficient (Wildman–Crippen LogP) is 3.72. The number of fused-ring (bicyclic) bond motifs is 1. The minimum atomic E-state index is -0.624. The van der Waals surface area contributed by atoms with Gasteiger partial charge in [0, 0.05) is 12.0 Å². The Kier molecular flexibility index (Phi) is 2.40. The Morgan fingerprint density at radius 2 is 1.70 bits per heavy atom. The lowest BCUT2D eigenvalue weighted by molar-refractivity contribution is 0.356. The van der Waals surface area contributed by atoms with E-state index in [0.717, 1.165) is 30.7 Å². The molecule has 2 aliphatic carbocycles. The van der Waals surface area contributed by atoms with Crippen molar-refractivity contribution in [2.24, 2.45) is 11.8 Å². The number of hydrogen-bond donors (Lipinski definition) is 1. The zero-order valence-electron chi connectivity index (χ0n) is 10.8. The van der Waals surface area contributed by atoms with Crippen molar-refractivity contribution in [1.29, 1.82) is 0 Å². The highest BCUT2D eigenvalue weighted by molar-refractivity contribution is 5.76. The monoisotopic (exact) mass is 276 g/mol. The van der Waals surface area contributed by atoms with Crippen molar-refractivity contribution in [3.63, 3.8) is 0 Å². The van der Waals surface area contributed by atoms with Crippen LogP contribution < -0.4 is 5.73 Å². The van der Waals surface area contributed by atoms with Gasteiger partial charge in [0.05, 0.1) is 5.56 Å². The van der Waals surface area contributed by atoms with Crippen LogP contribution in [0, 0.1) is 23.5 Å². The van der Waals surface area contributed by atoms with E-state index in [-0.39, 0.29) is 11.7 Å². The zero-order valence-corrected chi connectivity index (χ0v) is 10.8. The summed E-state index contributed by atoms with van der Waals surface area (Å²) in [7, 11) is 0. The third-order valence-electron chi connectivity index (χ3n) is 4.51. The van der Waals surface area contributed by atoms with Crippen LogP contribution in [0.3, 0.4) is 0 Å². The van der Waals surface area contributed by atoms with Crippen molar-refractivity contribution in [3.8, 4) is 11.1 Å². The van der Waals surface area contributed by atoms with Gasteiger partial charge in [-0.05, 0) is 48.8 Å². The predicted molar refractivity (Wildman–Crippen MR) is 69.8 cm³/mol. The van der Waals surface area contributed by atoms with Crippen LogP contribution >= 0.6 is 0 Å². The maximum Gasteiger partial charge on any atom is 0.175 e. The third-order valence-corrected chi connectivity index (χ3v) is 4.51. The van der Waals surface area contributed by atoms with Gasteiger partial charge >= 0.3 is 0 Å². The quantitative estimate of drug-likeness (QED) is 0.909. The van der Waals surface area contributed by atoms with Gasteiger partial charge in [-0.1, -0.05) is 5.16 Å². The largest absolute Gasteiger partial charge is 0.380 e. The summed E-state index contributed by atoms with van der Waals surface area (Å²) in [6.45, 7) is 0. The highest BCUT2D eigenvalue weighted by Crippen LogP contribution is 2.58. The Morgan fingerprint density at radius 1 is 1.05 bits per heavy atom. The van der Waals surface area contributed by atoms with Crippen LogP contribution in [0.1, 0.15) is 30.9 Å². The van der Waals surface area contributed by atoms with Gasteiger partial charge in [0.25, 0.3) is 0 Å². The van der Waals surface area contributed by atoms with Crippen LogP contribution in [0.2, 0.25) is 0 Å². The molecule has 104 valence electrons. The van der Waals surface area contributed by atoms with Crippen LogP contribution in [-0.2, 0) is 0 Å². The highest BCUT2D eigenvalue weighted by atomic mass is 19.1. The Labute approximate surface area is 114 Å². The van der Waals surface area contributed by atoms with Crippen molar-refractivity contribution < 1.29 is 13.3 Å². The molecule has 2 saturated carbocycles. The summed E-state index contributed by atoms with van der Waals surface area (Å²) in [6.07, 6.45) is 3.41. The lowest BCUT2D eigenvalue weighted by Gasteiger charge is -2.10. The fraction of sp³-hybridized carbons (Fsp3) is 0.400. The molecule has 4 rings (SSSR count). The molecule has 1 aromatic heterocycles. The average Bonchev–Trinajstić information content (AvgIpc) is 2.82. The molecule has 1 aromatic carbocycles. The maximum atomic E-state index is 13.4. The summed E-state index contributed by atoms with van der Waals surface area (Å²) in [6, 6.07) is 3.38. The second-order valence-corrected chi connectivity index (χ2v) is 5.89. The molecule has 0 radical (unpaired) electrons. The second-order valence-electron chi connectivity index (χ2n) is 5.89. The summed E-state index contributed by atoms with van der Waals surface area (Å²) >= 11 is 0. The molecule has 0 bridgehead atoms. The van der Waals surface area contributed by atoms with E-state index in [1.54, 1.807) is 0 Å². The molecule has 3 nitrogen and oxygen atoms in total. The van der Waals surface area contributed by atoms with E-state index in [1.807, 2.05) is 0 Å². The molecule has 0 aliphatic heterocycles. The minimum absolute atomic E-state index is 0.200. The Morgan fingerprint density at radius 3 is 2.35 bits per heavy atom. The van der Waals surface area contributed by atoms with Crippen LogP contribution in [0.25, 0.3) is 11.1 Å². The second kappa shape index (κ2) is 4.04. The van der Waals surface area contributed by atoms with Gasteiger partial charge in [-0.15, -0.1) is 0 Å². The van der Waals surface area contributed by atoms with E-state index >= 15 is 0 Å². The Hall–Kier alpha value is -1.91. The molecule has 0 saturated heterocycles. The molecular formula is C15H14F2N2O. The summed E-state index contributed by atoms with van der Waals surface area (Å²) in [5.41, 5.74) is 6.79. The zero-order chi connectivity index (χ0) is 13.9. The van der Waals surface area contributed by atoms with Crippen LogP contribution in [0.5, 0.6) is 0 Å². The topological polar surface area (TPSA) is 52.0 Å². The summed E-state index contributed by atoms with van der Waals surface area (Å²) in [4.78, 5) is 0. The number of hydrogen-bond acceptors (Lipinski definition) is 3. The highest BCUT2D eigenvalue weighted by Gasteiger charge is 2.48. The van der Waals surface area contributed by atoms with Crippen molar-refractivity contribution in [3.05, 3.63) is 35.6 Å². The number of benzene rings is 1. The summed E-state index contributed by atoms with van der Waals surface area (Å²) in [5, 5.41) is 3.79. The molecule has 5 heteroatoms. The molecule has 2 unspecified atom stereocenters. The fourth-order valence-corrected chi connectivity index (χ4v) is 3.51. The van der Waals surface area contributed by atoms with Gasteiger partial charge in [-0.25, -0.2) is 8.78 Å². The van der Waals surface area contributed by atoms with E-state index in [9.17, 15) is 8.78 Å². The molecule has 2 fully saturated rings. The minimum Gasteiger partial charge on any atom is -0.380 e. The van der Waals surface area contributed by atoms with Gasteiger partial charge in [0.2, 0.25) is 0 Å². The van der Waals surface area contributed by atoms with E-state index in [1.165, 1.54) is 18.6 Å². The lowest BCUT2D eigenvalue weighted by Crippen LogP contribution is -1.98. The number of aromatic nitrogens is 1. The van der Waals surface area contributed by atoms with Crippen molar-refractivity contribution in [1.82, 2.24) is 5.16 Å². The SMILES string of the molecule is Nc1noc(C2CC3CC3C2)c1-c1cc(F)cc(F)c1.